The van der Waals surface area contributed by atoms with Crippen molar-refractivity contribution < 1.29 is 0 Å². The Morgan fingerprint density at radius 3 is 2.75 bits per heavy atom. The molecule has 1 unspecified atom stereocenters. The van der Waals surface area contributed by atoms with E-state index in [1.165, 1.54) is 25.7 Å². The van der Waals surface area contributed by atoms with E-state index in [0.29, 0.717) is 6.04 Å². The van der Waals surface area contributed by atoms with Crippen LogP contribution >= 0.6 is 0 Å². The summed E-state index contributed by atoms with van der Waals surface area (Å²) in [7, 11) is 4.27. The minimum atomic E-state index is 0.578. The van der Waals surface area contributed by atoms with Gasteiger partial charge in [-0.05, 0) is 39.8 Å². The first kappa shape index (κ1) is 13.8. The number of nitrogens with one attached hydrogen (secondary N) is 1. The summed E-state index contributed by atoms with van der Waals surface area (Å²) in [5.74, 6) is 1.03. The molecule has 5 heteroatoms. The van der Waals surface area contributed by atoms with Crippen LogP contribution in [-0.4, -0.2) is 54.1 Å². The maximum Gasteiger partial charge on any atom is 0.147 e. The smallest absolute Gasteiger partial charge is 0.147 e. The minimum Gasteiger partial charge on any atom is -0.351 e. The first-order valence-corrected chi connectivity index (χ1v) is 7.68. The average molecular weight is 275 g/mol. The molecule has 3 rings (SSSR count). The zero-order valence-electron chi connectivity index (χ0n) is 12.5. The van der Waals surface area contributed by atoms with E-state index in [1.807, 2.05) is 12.4 Å². The molecule has 1 aliphatic heterocycles. The summed E-state index contributed by atoms with van der Waals surface area (Å²) in [6, 6.07) is 1.30. The third kappa shape index (κ3) is 3.46. The lowest BCUT2D eigenvalue weighted by atomic mass is 10.2. The van der Waals surface area contributed by atoms with Crippen molar-refractivity contribution >= 4 is 5.82 Å². The van der Waals surface area contributed by atoms with E-state index in [4.69, 9.17) is 0 Å². The van der Waals surface area contributed by atoms with Gasteiger partial charge in [0.2, 0.25) is 0 Å². The number of hydrogen-bond donors (Lipinski definition) is 1. The van der Waals surface area contributed by atoms with Gasteiger partial charge in [0.15, 0.2) is 0 Å². The lowest BCUT2D eigenvalue weighted by molar-refractivity contribution is 0.371. The Morgan fingerprint density at radius 1 is 1.25 bits per heavy atom. The number of hydrogen-bond acceptors (Lipinski definition) is 5. The Balaban J connectivity index is 1.60. The zero-order valence-corrected chi connectivity index (χ0v) is 12.5. The molecule has 0 bridgehead atoms. The van der Waals surface area contributed by atoms with Crippen molar-refractivity contribution in [2.75, 3.05) is 32.1 Å². The van der Waals surface area contributed by atoms with Crippen molar-refractivity contribution in [1.82, 2.24) is 20.2 Å². The monoisotopic (exact) mass is 275 g/mol. The summed E-state index contributed by atoms with van der Waals surface area (Å²) < 4.78 is 0. The van der Waals surface area contributed by atoms with E-state index >= 15 is 0 Å². The van der Waals surface area contributed by atoms with Gasteiger partial charge in [-0.25, -0.2) is 4.98 Å². The van der Waals surface area contributed by atoms with E-state index in [-0.39, 0.29) is 0 Å². The maximum atomic E-state index is 4.62. The van der Waals surface area contributed by atoms with Gasteiger partial charge in [-0.15, -0.1) is 0 Å². The second kappa shape index (κ2) is 6.06. The fourth-order valence-electron chi connectivity index (χ4n) is 2.87. The number of rotatable bonds is 6. The highest BCUT2D eigenvalue weighted by Crippen LogP contribution is 2.23. The van der Waals surface area contributed by atoms with Gasteiger partial charge in [-0.1, -0.05) is 0 Å². The third-order valence-electron chi connectivity index (χ3n) is 4.09. The number of aromatic nitrogens is 2. The van der Waals surface area contributed by atoms with Crippen LogP contribution in [-0.2, 0) is 6.54 Å². The molecular weight excluding hydrogens is 250 g/mol. The third-order valence-corrected chi connectivity index (χ3v) is 4.09. The molecular formula is C15H25N5. The molecule has 1 aromatic rings. The summed E-state index contributed by atoms with van der Waals surface area (Å²) >= 11 is 0. The topological polar surface area (TPSA) is 44.3 Å². The molecule has 110 valence electrons. The molecule has 2 heterocycles. The first-order valence-electron chi connectivity index (χ1n) is 7.68. The van der Waals surface area contributed by atoms with Gasteiger partial charge in [0, 0.05) is 31.7 Å². The molecule has 2 aliphatic rings. The van der Waals surface area contributed by atoms with Crippen LogP contribution < -0.4 is 10.2 Å². The van der Waals surface area contributed by atoms with E-state index < -0.39 is 0 Å². The molecule has 1 aliphatic carbocycles. The lowest BCUT2D eigenvalue weighted by Gasteiger charge is -2.27. The van der Waals surface area contributed by atoms with Crippen LogP contribution in [0.25, 0.3) is 0 Å². The summed E-state index contributed by atoms with van der Waals surface area (Å²) in [4.78, 5) is 13.8. The van der Waals surface area contributed by atoms with Crippen LogP contribution in [0.5, 0.6) is 0 Å². The Morgan fingerprint density at radius 2 is 2.10 bits per heavy atom. The predicted molar refractivity (Wildman–Crippen MR) is 80.8 cm³/mol. The van der Waals surface area contributed by atoms with Crippen LogP contribution in [0.15, 0.2) is 12.4 Å². The van der Waals surface area contributed by atoms with Gasteiger partial charge in [0.25, 0.3) is 0 Å². The minimum absolute atomic E-state index is 0.578. The molecule has 5 nitrogen and oxygen atoms in total. The lowest BCUT2D eigenvalue weighted by Crippen LogP contribution is -2.38. The van der Waals surface area contributed by atoms with Gasteiger partial charge in [-0.3, -0.25) is 4.98 Å². The Hall–Kier alpha value is -1.20. The van der Waals surface area contributed by atoms with Gasteiger partial charge >= 0.3 is 0 Å². The SMILES string of the molecule is CN(C)CC1CCCN1c1cnc(CNC2CC2)cn1. The molecule has 1 atom stereocenters. The summed E-state index contributed by atoms with van der Waals surface area (Å²) in [6.45, 7) is 3.04. The summed E-state index contributed by atoms with van der Waals surface area (Å²) in [5.41, 5.74) is 1.05. The fraction of sp³-hybridized carbons (Fsp3) is 0.733. The molecule has 0 aromatic carbocycles. The Labute approximate surface area is 121 Å². The number of likely N-dealkylation sites (N-methyl/N-ethyl adjacent to an activating group) is 1. The molecule has 1 saturated carbocycles. The van der Waals surface area contributed by atoms with Gasteiger partial charge in [-0.2, -0.15) is 0 Å². The van der Waals surface area contributed by atoms with Crippen LogP contribution in [0, 0.1) is 0 Å². The number of anilines is 1. The predicted octanol–water partition coefficient (Wildman–Crippen LogP) is 1.26. The summed E-state index contributed by atoms with van der Waals surface area (Å²) in [5, 5.41) is 3.47. The second-order valence-corrected chi connectivity index (χ2v) is 6.27. The highest BCUT2D eigenvalue weighted by Gasteiger charge is 2.26. The fourth-order valence-corrected chi connectivity index (χ4v) is 2.87. The Bertz CT molecular complexity index is 426. The molecule has 0 spiro atoms. The molecule has 0 amide bonds. The maximum absolute atomic E-state index is 4.62. The molecule has 1 N–H and O–H groups in total. The Kier molecular flexibility index (Phi) is 4.17. The quantitative estimate of drug-likeness (QED) is 0.847. The van der Waals surface area contributed by atoms with Gasteiger partial charge < -0.3 is 15.1 Å². The largest absolute Gasteiger partial charge is 0.351 e. The zero-order chi connectivity index (χ0) is 13.9. The molecule has 20 heavy (non-hydrogen) atoms. The molecule has 0 radical (unpaired) electrons. The van der Waals surface area contributed by atoms with E-state index in [2.05, 4.69) is 39.2 Å². The van der Waals surface area contributed by atoms with Crippen molar-refractivity contribution in [3.8, 4) is 0 Å². The van der Waals surface area contributed by atoms with Crippen molar-refractivity contribution in [2.24, 2.45) is 0 Å². The highest BCUT2D eigenvalue weighted by molar-refractivity contribution is 5.39. The molecule has 2 fully saturated rings. The average Bonchev–Trinajstić information content (AvgIpc) is 3.16. The van der Waals surface area contributed by atoms with Crippen LogP contribution in [0.1, 0.15) is 31.4 Å². The van der Waals surface area contributed by atoms with E-state index in [1.54, 1.807) is 0 Å². The van der Waals surface area contributed by atoms with Crippen molar-refractivity contribution in [2.45, 2.75) is 44.3 Å². The van der Waals surface area contributed by atoms with Crippen molar-refractivity contribution in [3.63, 3.8) is 0 Å². The van der Waals surface area contributed by atoms with E-state index in [9.17, 15) is 0 Å². The van der Waals surface area contributed by atoms with Gasteiger partial charge in [0.1, 0.15) is 5.82 Å². The standard InChI is InChI=1S/C15H25N5/c1-19(2)11-14-4-3-7-20(14)15-10-17-13(9-18-15)8-16-12-5-6-12/h9-10,12,14,16H,3-8,11H2,1-2H3. The number of nitrogens with zero attached hydrogens (tertiary/aromatic N) is 4. The van der Waals surface area contributed by atoms with Gasteiger partial charge in [0.05, 0.1) is 18.1 Å². The highest BCUT2D eigenvalue weighted by atomic mass is 15.3. The van der Waals surface area contributed by atoms with E-state index in [0.717, 1.165) is 37.2 Å². The van der Waals surface area contributed by atoms with Crippen LogP contribution in [0.3, 0.4) is 0 Å². The molecule has 1 saturated heterocycles. The normalized spacial score (nSPS) is 22.8. The summed E-state index contributed by atoms with van der Waals surface area (Å²) in [6.07, 6.45) is 9.00. The van der Waals surface area contributed by atoms with Crippen LogP contribution in [0.2, 0.25) is 0 Å². The molecule has 1 aromatic heterocycles. The van der Waals surface area contributed by atoms with Crippen molar-refractivity contribution in [1.29, 1.82) is 0 Å². The second-order valence-electron chi connectivity index (χ2n) is 6.27. The van der Waals surface area contributed by atoms with Crippen molar-refractivity contribution in [3.05, 3.63) is 18.1 Å². The first-order chi connectivity index (χ1) is 9.72. The van der Waals surface area contributed by atoms with Crippen LogP contribution in [0.4, 0.5) is 5.82 Å².